The second kappa shape index (κ2) is 10.4. The quantitative estimate of drug-likeness (QED) is 0.298. The van der Waals surface area contributed by atoms with Crippen molar-refractivity contribution in [2.75, 3.05) is 45.4 Å². The van der Waals surface area contributed by atoms with Crippen LogP contribution >= 0.6 is 17.2 Å². The van der Waals surface area contributed by atoms with Crippen LogP contribution in [0.25, 0.3) is 0 Å². The normalized spacial score (nSPS) is 50.5. The van der Waals surface area contributed by atoms with E-state index in [0.717, 1.165) is 74.8 Å². The summed E-state index contributed by atoms with van der Waals surface area (Å²) in [6, 6.07) is 0.933. The van der Waals surface area contributed by atoms with Crippen molar-refractivity contribution in [3.8, 4) is 0 Å². The highest BCUT2D eigenvalue weighted by Crippen LogP contribution is 2.79. The number of rotatable bonds is 7. The molecule has 2 heterocycles. The molecule has 3 unspecified atom stereocenters. The van der Waals surface area contributed by atoms with Crippen molar-refractivity contribution in [2.24, 2.45) is 35.5 Å². The zero-order chi connectivity index (χ0) is 27.2. The van der Waals surface area contributed by atoms with Crippen molar-refractivity contribution >= 4 is 17.2 Å². The van der Waals surface area contributed by atoms with Crippen molar-refractivity contribution in [3.05, 3.63) is 23.3 Å². The Morgan fingerprint density at radius 1 is 0.683 bits per heavy atom. The van der Waals surface area contributed by atoms with Gasteiger partial charge in [0.05, 0.1) is 0 Å². The average molecular weight is 595 g/mol. The highest BCUT2D eigenvalue weighted by molar-refractivity contribution is 7.61. The van der Waals surface area contributed by atoms with E-state index in [9.17, 15) is 0 Å². The molecular formula is C35H56N4P2. The third-order valence-corrected chi connectivity index (χ3v) is 19.5. The summed E-state index contributed by atoms with van der Waals surface area (Å²) in [5, 5.41) is 17.1. The molecule has 4 nitrogen and oxygen atoms in total. The Labute approximate surface area is 253 Å². The Kier molecular flexibility index (Phi) is 6.94. The molecule has 10 fully saturated rings. The molecule has 2 aliphatic heterocycles. The molecule has 11 rings (SSSR count). The van der Waals surface area contributed by atoms with Gasteiger partial charge < -0.3 is 21.3 Å². The monoisotopic (exact) mass is 594 g/mol. The van der Waals surface area contributed by atoms with E-state index < -0.39 is 0 Å². The highest BCUT2D eigenvalue weighted by atomic mass is 31.1. The summed E-state index contributed by atoms with van der Waals surface area (Å²) in [7, 11) is 3.50. The van der Waals surface area contributed by atoms with E-state index in [1.165, 1.54) is 12.6 Å². The molecule has 3 atom stereocenters. The molecule has 0 amide bonds. The van der Waals surface area contributed by atoms with Gasteiger partial charge in [-0.25, -0.2) is 0 Å². The summed E-state index contributed by atoms with van der Waals surface area (Å²) >= 11 is 0. The predicted molar refractivity (Wildman–Crippen MR) is 176 cm³/mol. The van der Waals surface area contributed by atoms with Crippen LogP contribution in [-0.4, -0.2) is 73.0 Å². The minimum Gasteiger partial charge on any atom is -0.314 e. The maximum Gasteiger partial charge on any atom is 0.0395 e. The third kappa shape index (κ3) is 4.49. The molecule has 11 aliphatic rings. The van der Waals surface area contributed by atoms with Crippen LogP contribution in [0.15, 0.2) is 23.3 Å². The van der Waals surface area contributed by atoms with E-state index in [1.54, 1.807) is 88.2 Å². The number of piperazine rings is 2. The molecule has 6 heteroatoms. The van der Waals surface area contributed by atoms with Crippen LogP contribution in [0, 0.1) is 35.5 Å². The smallest absolute Gasteiger partial charge is 0.0395 e. The fourth-order valence-electron chi connectivity index (χ4n) is 13.6. The zero-order valence-electron chi connectivity index (χ0n) is 25.4. The van der Waals surface area contributed by atoms with Gasteiger partial charge in [0.15, 0.2) is 0 Å². The van der Waals surface area contributed by atoms with Gasteiger partial charge in [0.2, 0.25) is 0 Å². The maximum absolute atomic E-state index is 4.02. The van der Waals surface area contributed by atoms with Crippen LogP contribution in [0.2, 0.25) is 0 Å². The first-order valence-corrected chi connectivity index (χ1v) is 20.0. The molecule has 4 N–H and O–H groups in total. The van der Waals surface area contributed by atoms with Gasteiger partial charge in [-0.05, 0) is 147 Å². The van der Waals surface area contributed by atoms with Gasteiger partial charge in [0, 0.05) is 56.5 Å². The standard InChI is InChI=1S/C35H56N4P2/c40-35(31-20-36-4-6-38-31,32-21-37-5-7-39-32)30-3-1-2-29(30)22-41(33-14-23-8-24(15-33)10-25(9-23)16-33)34-17-26-11-27(18-34)13-28(12-26)19-34/h1-2,23-28,31-32,36-39H,3-22,40H2. The van der Waals surface area contributed by atoms with Crippen molar-refractivity contribution in [3.63, 3.8) is 0 Å². The van der Waals surface area contributed by atoms with Gasteiger partial charge >= 0.3 is 0 Å². The lowest BCUT2D eigenvalue weighted by Crippen LogP contribution is -2.69. The molecule has 2 saturated heterocycles. The summed E-state index contributed by atoms with van der Waals surface area (Å²) in [6.07, 6.45) is 27.1. The van der Waals surface area contributed by atoms with E-state index in [4.69, 9.17) is 0 Å². The minimum atomic E-state index is -0.0190. The Balaban J connectivity index is 1.13. The SMILES string of the molecule is PC(C1=C(CP(C23CC4CC(CC(C4)C2)C3)C23CC4CC(CC(C4)C2)C3)C=CC1)(C1CNCCN1)C1CNCCN1. The number of hydrogen-bond donors (Lipinski definition) is 4. The average Bonchev–Trinajstić information content (AvgIpc) is 3.44. The summed E-state index contributed by atoms with van der Waals surface area (Å²) in [4.78, 5) is 0. The lowest BCUT2D eigenvalue weighted by molar-refractivity contribution is 0.0187. The zero-order valence-corrected chi connectivity index (χ0v) is 27.5. The summed E-state index contributed by atoms with van der Waals surface area (Å²) in [5.41, 5.74) is 3.59. The van der Waals surface area contributed by atoms with Crippen LogP contribution in [0.1, 0.15) is 83.5 Å². The fourth-order valence-corrected chi connectivity index (χ4v) is 19.6. The highest BCUT2D eigenvalue weighted by Gasteiger charge is 2.62. The fraction of sp³-hybridized carbons (Fsp3) is 0.886. The molecule has 0 aromatic heterocycles. The van der Waals surface area contributed by atoms with Crippen LogP contribution in [0.3, 0.4) is 0 Å². The van der Waals surface area contributed by atoms with E-state index >= 15 is 0 Å². The Hall–Kier alpha value is 0.180. The second-order valence-corrected chi connectivity index (χ2v) is 20.9. The number of hydrogen-bond acceptors (Lipinski definition) is 4. The van der Waals surface area contributed by atoms with Gasteiger partial charge in [-0.3, -0.25) is 0 Å². The molecule has 9 aliphatic carbocycles. The first-order chi connectivity index (χ1) is 20.0. The lowest BCUT2D eigenvalue weighted by Gasteiger charge is -2.67. The first-order valence-electron chi connectivity index (χ1n) is 17.9. The molecule has 0 spiro atoms. The predicted octanol–water partition coefficient (Wildman–Crippen LogP) is 5.40. The summed E-state index contributed by atoms with van der Waals surface area (Å²) in [6.45, 7) is 6.53. The second-order valence-electron chi connectivity index (χ2n) is 16.8. The number of nitrogens with one attached hydrogen (secondary N) is 4. The first kappa shape index (κ1) is 27.5. The van der Waals surface area contributed by atoms with Crippen LogP contribution < -0.4 is 21.3 Å². The summed E-state index contributed by atoms with van der Waals surface area (Å²) < 4.78 is 0. The van der Waals surface area contributed by atoms with Crippen LogP contribution in [0.4, 0.5) is 0 Å². The van der Waals surface area contributed by atoms with Gasteiger partial charge in [-0.15, -0.1) is 9.24 Å². The van der Waals surface area contributed by atoms with Gasteiger partial charge in [0.25, 0.3) is 0 Å². The van der Waals surface area contributed by atoms with Crippen LogP contribution in [-0.2, 0) is 0 Å². The van der Waals surface area contributed by atoms with Crippen molar-refractivity contribution in [1.29, 1.82) is 0 Å². The van der Waals surface area contributed by atoms with Crippen molar-refractivity contribution in [2.45, 2.75) is 111 Å². The topological polar surface area (TPSA) is 48.1 Å². The van der Waals surface area contributed by atoms with E-state index in [-0.39, 0.29) is 13.1 Å². The van der Waals surface area contributed by atoms with Gasteiger partial charge in [-0.1, -0.05) is 20.1 Å². The summed E-state index contributed by atoms with van der Waals surface area (Å²) in [5.74, 6) is 6.44. The number of allylic oxidation sites excluding steroid dienone is 3. The minimum absolute atomic E-state index is 0.0190. The Morgan fingerprint density at radius 3 is 1.51 bits per heavy atom. The molecule has 0 radical (unpaired) electrons. The molecule has 41 heavy (non-hydrogen) atoms. The molecule has 8 bridgehead atoms. The third-order valence-electron chi connectivity index (χ3n) is 14.3. The van der Waals surface area contributed by atoms with Crippen molar-refractivity contribution < 1.29 is 0 Å². The molecule has 8 saturated carbocycles. The lowest BCUT2D eigenvalue weighted by atomic mass is 9.55. The maximum atomic E-state index is 4.02. The molecule has 0 aromatic carbocycles. The van der Waals surface area contributed by atoms with Crippen molar-refractivity contribution in [1.82, 2.24) is 21.3 Å². The molecule has 226 valence electrons. The Bertz CT molecular complexity index is 953. The van der Waals surface area contributed by atoms with Gasteiger partial charge in [0.1, 0.15) is 0 Å². The molecule has 0 aromatic rings. The Morgan fingerprint density at radius 2 is 1.12 bits per heavy atom. The molecular weight excluding hydrogens is 538 g/mol. The largest absolute Gasteiger partial charge is 0.314 e. The van der Waals surface area contributed by atoms with Crippen LogP contribution in [0.5, 0.6) is 0 Å². The van der Waals surface area contributed by atoms with E-state index in [0.29, 0.717) is 22.4 Å². The van der Waals surface area contributed by atoms with E-state index in [1.807, 2.05) is 0 Å². The van der Waals surface area contributed by atoms with E-state index in [2.05, 4.69) is 42.7 Å². The van der Waals surface area contributed by atoms with Gasteiger partial charge in [-0.2, -0.15) is 0 Å².